The van der Waals surface area contributed by atoms with Crippen LogP contribution in [-0.4, -0.2) is 28.8 Å². The van der Waals surface area contributed by atoms with Crippen LogP contribution >= 0.6 is 0 Å². The van der Waals surface area contributed by atoms with E-state index >= 15 is 0 Å². The second-order valence-corrected chi connectivity index (χ2v) is 5.65. The lowest BCUT2D eigenvalue weighted by molar-refractivity contribution is 0.172. The number of urea groups is 1. The van der Waals surface area contributed by atoms with Gasteiger partial charge in [0.2, 0.25) is 0 Å². The van der Waals surface area contributed by atoms with Gasteiger partial charge in [-0.05, 0) is 30.5 Å². The number of aliphatic hydroxyl groups is 1. The molecule has 4 N–H and O–H groups in total. The van der Waals surface area contributed by atoms with Crippen LogP contribution < -0.4 is 10.6 Å². The molecule has 116 valence electrons. The molecule has 5 heteroatoms. The van der Waals surface area contributed by atoms with Crippen molar-refractivity contribution >= 4 is 6.03 Å². The molecule has 5 nitrogen and oxygen atoms in total. The SMILES string of the molecule is O=C(NC[C@@H](O)c1cccc(O)c1)NC1CCCCCC1. The fourth-order valence-corrected chi connectivity index (χ4v) is 2.70. The van der Waals surface area contributed by atoms with Crippen molar-refractivity contribution in [1.29, 1.82) is 0 Å². The summed E-state index contributed by atoms with van der Waals surface area (Å²) in [5.41, 5.74) is 0.588. The first kappa shape index (κ1) is 15.6. The molecule has 2 rings (SSSR count). The average molecular weight is 292 g/mol. The topological polar surface area (TPSA) is 81.6 Å². The normalized spacial score (nSPS) is 17.8. The lowest BCUT2D eigenvalue weighted by Gasteiger charge is -2.18. The monoisotopic (exact) mass is 292 g/mol. The number of phenolic OH excluding ortho intramolecular Hbond substituents is 1. The minimum Gasteiger partial charge on any atom is -0.508 e. The van der Waals surface area contributed by atoms with Crippen molar-refractivity contribution in [2.75, 3.05) is 6.54 Å². The largest absolute Gasteiger partial charge is 0.508 e. The number of hydrogen-bond acceptors (Lipinski definition) is 3. The zero-order valence-corrected chi connectivity index (χ0v) is 12.2. The predicted molar refractivity (Wildman–Crippen MR) is 81.1 cm³/mol. The summed E-state index contributed by atoms with van der Waals surface area (Å²) in [5, 5.41) is 25.0. The highest BCUT2D eigenvalue weighted by Gasteiger charge is 2.15. The van der Waals surface area contributed by atoms with Crippen molar-refractivity contribution in [2.24, 2.45) is 0 Å². The van der Waals surface area contributed by atoms with Gasteiger partial charge in [-0.3, -0.25) is 0 Å². The Labute approximate surface area is 125 Å². The number of amides is 2. The van der Waals surface area contributed by atoms with Gasteiger partial charge in [0.05, 0.1) is 6.10 Å². The van der Waals surface area contributed by atoms with Gasteiger partial charge in [-0.1, -0.05) is 37.8 Å². The number of hydrogen-bond donors (Lipinski definition) is 4. The maximum absolute atomic E-state index is 11.8. The van der Waals surface area contributed by atoms with Crippen molar-refractivity contribution in [1.82, 2.24) is 10.6 Å². The van der Waals surface area contributed by atoms with E-state index in [0.29, 0.717) is 5.56 Å². The lowest BCUT2D eigenvalue weighted by Crippen LogP contribution is -2.43. The summed E-state index contributed by atoms with van der Waals surface area (Å²) in [6.45, 7) is 0.127. The smallest absolute Gasteiger partial charge is 0.315 e. The second kappa shape index (κ2) is 7.88. The van der Waals surface area contributed by atoms with E-state index in [4.69, 9.17) is 0 Å². The quantitative estimate of drug-likeness (QED) is 0.643. The number of aliphatic hydroxyl groups excluding tert-OH is 1. The highest BCUT2D eigenvalue weighted by atomic mass is 16.3. The molecule has 0 aromatic heterocycles. The van der Waals surface area contributed by atoms with Crippen molar-refractivity contribution < 1.29 is 15.0 Å². The fraction of sp³-hybridized carbons (Fsp3) is 0.562. The number of phenols is 1. The Morgan fingerprint density at radius 2 is 1.95 bits per heavy atom. The van der Waals surface area contributed by atoms with Crippen LogP contribution in [0.2, 0.25) is 0 Å². The van der Waals surface area contributed by atoms with Gasteiger partial charge in [0, 0.05) is 12.6 Å². The Hall–Kier alpha value is -1.75. The Balaban J connectivity index is 1.75. The third kappa shape index (κ3) is 5.27. The average Bonchev–Trinajstić information content (AvgIpc) is 2.73. The van der Waals surface area contributed by atoms with Crippen molar-refractivity contribution in [2.45, 2.75) is 50.7 Å². The molecule has 1 fully saturated rings. The van der Waals surface area contributed by atoms with Gasteiger partial charge < -0.3 is 20.8 Å². The van der Waals surface area contributed by atoms with E-state index in [2.05, 4.69) is 10.6 Å². The molecule has 1 aromatic carbocycles. The summed E-state index contributed by atoms with van der Waals surface area (Å²) in [6.07, 6.45) is 6.06. The maximum Gasteiger partial charge on any atom is 0.315 e. The van der Waals surface area contributed by atoms with Crippen molar-refractivity contribution in [3.8, 4) is 5.75 Å². The summed E-state index contributed by atoms with van der Waals surface area (Å²) >= 11 is 0. The van der Waals surface area contributed by atoms with Crippen molar-refractivity contribution in [3.05, 3.63) is 29.8 Å². The molecule has 1 aromatic rings. The molecule has 1 aliphatic carbocycles. The Bertz CT molecular complexity index is 457. The first-order chi connectivity index (χ1) is 10.1. The zero-order valence-electron chi connectivity index (χ0n) is 12.2. The molecule has 1 saturated carbocycles. The zero-order chi connectivity index (χ0) is 15.1. The van der Waals surface area contributed by atoms with E-state index in [1.54, 1.807) is 18.2 Å². The first-order valence-corrected chi connectivity index (χ1v) is 7.66. The summed E-state index contributed by atoms with van der Waals surface area (Å²) in [5.74, 6) is 0.106. The number of carbonyl (C=O) groups is 1. The highest BCUT2D eigenvalue weighted by molar-refractivity contribution is 5.74. The Kier molecular flexibility index (Phi) is 5.87. The molecule has 0 unspecified atom stereocenters. The molecule has 0 spiro atoms. The Morgan fingerprint density at radius 1 is 1.24 bits per heavy atom. The molecule has 0 saturated heterocycles. The van der Waals surface area contributed by atoms with Crippen LogP contribution in [0.15, 0.2) is 24.3 Å². The van der Waals surface area contributed by atoms with E-state index in [0.717, 1.165) is 25.7 Å². The molecule has 0 aliphatic heterocycles. The third-order valence-electron chi connectivity index (χ3n) is 3.90. The van der Waals surface area contributed by atoms with E-state index in [9.17, 15) is 15.0 Å². The molecule has 0 radical (unpaired) electrons. The van der Waals surface area contributed by atoms with Gasteiger partial charge in [0.15, 0.2) is 0 Å². The van der Waals surface area contributed by atoms with Gasteiger partial charge in [-0.25, -0.2) is 4.79 Å². The summed E-state index contributed by atoms with van der Waals surface area (Å²) in [7, 11) is 0. The number of nitrogens with one attached hydrogen (secondary N) is 2. The minimum atomic E-state index is -0.822. The highest BCUT2D eigenvalue weighted by Crippen LogP contribution is 2.18. The fourth-order valence-electron chi connectivity index (χ4n) is 2.70. The summed E-state index contributed by atoms with van der Waals surface area (Å²) < 4.78 is 0. The lowest BCUT2D eigenvalue weighted by atomic mass is 10.1. The first-order valence-electron chi connectivity index (χ1n) is 7.66. The number of benzene rings is 1. The van der Waals surface area contributed by atoms with Gasteiger partial charge in [0.1, 0.15) is 5.75 Å². The van der Waals surface area contributed by atoms with Crippen LogP contribution in [0, 0.1) is 0 Å². The molecule has 21 heavy (non-hydrogen) atoms. The molecular weight excluding hydrogens is 268 g/mol. The van der Waals surface area contributed by atoms with Gasteiger partial charge in [-0.2, -0.15) is 0 Å². The molecule has 0 heterocycles. The summed E-state index contributed by atoms with van der Waals surface area (Å²) in [6, 6.07) is 6.43. The molecule has 1 aliphatic rings. The second-order valence-electron chi connectivity index (χ2n) is 5.65. The molecular formula is C16H24N2O3. The standard InChI is InChI=1S/C16H24N2O3/c19-14-9-5-6-12(10-14)15(20)11-17-16(21)18-13-7-3-1-2-4-8-13/h5-6,9-10,13,15,19-20H,1-4,7-8,11H2,(H2,17,18,21)/t15-/m1/s1. The van der Waals surface area contributed by atoms with E-state index in [1.807, 2.05) is 0 Å². The molecule has 0 bridgehead atoms. The maximum atomic E-state index is 11.8. The van der Waals surface area contributed by atoms with Crippen LogP contribution in [-0.2, 0) is 0 Å². The van der Waals surface area contributed by atoms with Gasteiger partial charge >= 0.3 is 6.03 Å². The molecule has 1 atom stereocenters. The van der Waals surface area contributed by atoms with Crippen LogP contribution in [0.4, 0.5) is 4.79 Å². The summed E-state index contributed by atoms with van der Waals surface area (Å²) in [4.78, 5) is 11.8. The Morgan fingerprint density at radius 3 is 2.62 bits per heavy atom. The van der Waals surface area contributed by atoms with E-state index < -0.39 is 6.10 Å². The van der Waals surface area contributed by atoms with Crippen LogP contribution in [0.5, 0.6) is 5.75 Å². The van der Waals surface area contributed by atoms with Crippen LogP contribution in [0.3, 0.4) is 0 Å². The van der Waals surface area contributed by atoms with Gasteiger partial charge in [-0.15, -0.1) is 0 Å². The van der Waals surface area contributed by atoms with Crippen molar-refractivity contribution in [3.63, 3.8) is 0 Å². The third-order valence-corrected chi connectivity index (χ3v) is 3.90. The van der Waals surface area contributed by atoms with Gasteiger partial charge in [0.25, 0.3) is 0 Å². The predicted octanol–water partition coefficient (Wildman–Crippen LogP) is 2.45. The number of rotatable bonds is 4. The number of aromatic hydroxyl groups is 1. The van der Waals surface area contributed by atoms with E-state index in [1.165, 1.54) is 18.9 Å². The van der Waals surface area contributed by atoms with E-state index in [-0.39, 0.29) is 24.4 Å². The van der Waals surface area contributed by atoms with Crippen LogP contribution in [0.25, 0.3) is 0 Å². The molecule has 2 amide bonds. The van der Waals surface area contributed by atoms with Crippen LogP contribution in [0.1, 0.15) is 50.2 Å². The number of carbonyl (C=O) groups excluding carboxylic acids is 1. The minimum absolute atomic E-state index is 0.106.